The van der Waals surface area contributed by atoms with Gasteiger partial charge in [0.05, 0.1) is 5.69 Å². The number of aliphatic carboxylic acids is 1. The van der Waals surface area contributed by atoms with E-state index in [9.17, 15) is 9.59 Å². The molecule has 1 aliphatic rings. The number of ether oxygens (including phenoxy) is 2. The monoisotopic (exact) mass is 279 g/mol. The van der Waals surface area contributed by atoms with Gasteiger partial charge in [-0.25, -0.2) is 0 Å². The van der Waals surface area contributed by atoms with Gasteiger partial charge in [0.2, 0.25) is 5.91 Å². The summed E-state index contributed by atoms with van der Waals surface area (Å²) < 4.78 is 10.4. The van der Waals surface area contributed by atoms with Gasteiger partial charge < -0.3 is 19.5 Å². The molecule has 0 radical (unpaired) electrons. The second-order valence-corrected chi connectivity index (χ2v) is 4.52. The van der Waals surface area contributed by atoms with Crippen molar-refractivity contribution >= 4 is 17.6 Å². The maximum atomic E-state index is 12.0. The summed E-state index contributed by atoms with van der Waals surface area (Å²) in [7, 11) is 1.54. The Hall–Kier alpha value is -2.08. The first kappa shape index (κ1) is 14.3. The Balaban J connectivity index is 2.26. The van der Waals surface area contributed by atoms with Crippen molar-refractivity contribution in [2.75, 3.05) is 25.3 Å². The minimum absolute atomic E-state index is 0.138. The highest BCUT2D eigenvalue weighted by molar-refractivity contribution is 6.03. The molecule has 0 spiro atoms. The molecule has 0 bridgehead atoms. The van der Waals surface area contributed by atoms with Crippen molar-refractivity contribution in [3.05, 3.63) is 23.8 Å². The molecule has 1 heterocycles. The van der Waals surface area contributed by atoms with Crippen molar-refractivity contribution in [2.45, 2.75) is 19.3 Å². The van der Waals surface area contributed by atoms with Crippen molar-refractivity contribution in [2.24, 2.45) is 0 Å². The molecule has 1 aliphatic heterocycles. The first-order valence-corrected chi connectivity index (χ1v) is 6.39. The van der Waals surface area contributed by atoms with Crippen LogP contribution in [-0.2, 0) is 20.7 Å². The van der Waals surface area contributed by atoms with E-state index in [-0.39, 0.29) is 6.79 Å². The third kappa shape index (κ3) is 3.08. The molecule has 0 fully saturated rings. The highest BCUT2D eigenvalue weighted by Gasteiger charge is 2.25. The van der Waals surface area contributed by atoms with Crippen LogP contribution in [0.2, 0.25) is 0 Å². The van der Waals surface area contributed by atoms with Crippen molar-refractivity contribution in [3.8, 4) is 5.75 Å². The van der Waals surface area contributed by atoms with E-state index in [4.69, 9.17) is 14.6 Å². The summed E-state index contributed by atoms with van der Waals surface area (Å²) >= 11 is 0. The summed E-state index contributed by atoms with van der Waals surface area (Å²) in [6, 6.07) is 5.42. The van der Waals surface area contributed by atoms with Crippen LogP contribution in [-0.4, -0.2) is 37.4 Å². The van der Waals surface area contributed by atoms with Crippen LogP contribution in [0.4, 0.5) is 5.69 Å². The average molecular weight is 279 g/mol. The second kappa shape index (κ2) is 6.38. The molecular formula is C14H17NO5. The topological polar surface area (TPSA) is 76.1 Å². The summed E-state index contributed by atoms with van der Waals surface area (Å²) in [5.74, 6) is -0.839. The Morgan fingerprint density at radius 1 is 1.40 bits per heavy atom. The molecule has 0 aromatic heterocycles. The van der Waals surface area contributed by atoms with E-state index in [2.05, 4.69) is 0 Å². The van der Waals surface area contributed by atoms with Gasteiger partial charge in [-0.2, -0.15) is 0 Å². The number of carbonyl (C=O) groups excluding carboxylic acids is 1. The number of hydrogen-bond acceptors (Lipinski definition) is 4. The van der Waals surface area contributed by atoms with E-state index >= 15 is 0 Å². The maximum Gasteiger partial charge on any atom is 0.312 e. The second-order valence-electron chi connectivity index (χ2n) is 4.52. The number of carboxylic acid groups (broad SMARTS) is 1. The molecule has 1 N–H and O–H groups in total. The van der Waals surface area contributed by atoms with Gasteiger partial charge >= 0.3 is 5.97 Å². The molecule has 108 valence electrons. The van der Waals surface area contributed by atoms with Crippen molar-refractivity contribution < 1.29 is 24.2 Å². The summed E-state index contributed by atoms with van der Waals surface area (Å²) in [5, 5.41) is 8.74. The number of amides is 1. The Morgan fingerprint density at radius 2 is 2.20 bits per heavy atom. The van der Waals surface area contributed by atoms with Crippen molar-refractivity contribution in [3.63, 3.8) is 0 Å². The highest BCUT2D eigenvalue weighted by atomic mass is 16.7. The maximum absolute atomic E-state index is 12.0. The van der Waals surface area contributed by atoms with Crippen LogP contribution < -0.4 is 9.64 Å². The lowest BCUT2D eigenvalue weighted by atomic mass is 10.00. The van der Waals surface area contributed by atoms with Crippen LogP contribution >= 0.6 is 0 Å². The van der Waals surface area contributed by atoms with Crippen LogP contribution in [0.5, 0.6) is 5.75 Å². The first-order chi connectivity index (χ1) is 9.63. The molecule has 2 rings (SSSR count). The van der Waals surface area contributed by atoms with Crippen molar-refractivity contribution in [1.29, 1.82) is 0 Å². The summed E-state index contributed by atoms with van der Waals surface area (Å²) in [6.07, 6.45) is 1.08. The summed E-state index contributed by atoms with van der Waals surface area (Å²) in [5.41, 5.74) is 1.66. The number of hydrogen-bond donors (Lipinski definition) is 1. The normalized spacial score (nSPS) is 13.8. The average Bonchev–Trinajstić information content (AvgIpc) is 2.43. The minimum Gasteiger partial charge on any atom is -0.481 e. The quantitative estimate of drug-likeness (QED) is 0.651. The SMILES string of the molecule is COCOc1cccc2c1CCCN2C(=O)CC(=O)O. The fourth-order valence-corrected chi connectivity index (χ4v) is 2.33. The van der Waals surface area contributed by atoms with Crippen LogP contribution in [0.15, 0.2) is 18.2 Å². The number of methoxy groups -OCH3 is 1. The van der Waals surface area contributed by atoms with E-state index in [1.54, 1.807) is 6.07 Å². The van der Waals surface area contributed by atoms with Crippen LogP contribution in [0.1, 0.15) is 18.4 Å². The zero-order valence-electron chi connectivity index (χ0n) is 11.3. The third-order valence-electron chi connectivity index (χ3n) is 3.14. The number of carbonyl (C=O) groups is 2. The standard InChI is InChI=1S/C14H17NO5/c1-19-9-20-12-6-2-5-11-10(12)4-3-7-15(11)13(16)8-14(17)18/h2,5-6H,3-4,7-9H2,1H3,(H,17,18). The third-order valence-corrected chi connectivity index (χ3v) is 3.14. The lowest BCUT2D eigenvalue weighted by Crippen LogP contribution is -2.36. The molecular weight excluding hydrogens is 262 g/mol. The van der Waals surface area contributed by atoms with E-state index < -0.39 is 18.3 Å². The molecule has 0 saturated carbocycles. The van der Waals surface area contributed by atoms with E-state index in [0.717, 1.165) is 24.1 Å². The molecule has 6 nitrogen and oxygen atoms in total. The number of fused-ring (bicyclic) bond motifs is 1. The zero-order chi connectivity index (χ0) is 14.5. The smallest absolute Gasteiger partial charge is 0.312 e. The Bertz CT molecular complexity index is 514. The molecule has 1 aromatic carbocycles. The fourth-order valence-electron chi connectivity index (χ4n) is 2.33. The molecule has 1 amide bonds. The summed E-state index contributed by atoms with van der Waals surface area (Å²) in [6.45, 7) is 0.673. The summed E-state index contributed by atoms with van der Waals surface area (Å²) in [4.78, 5) is 24.2. The van der Waals surface area contributed by atoms with E-state index in [1.165, 1.54) is 12.0 Å². The number of benzene rings is 1. The predicted molar refractivity (Wildman–Crippen MR) is 71.9 cm³/mol. The van der Waals surface area contributed by atoms with Gasteiger partial charge in [-0.05, 0) is 25.0 Å². The minimum atomic E-state index is -1.12. The van der Waals surface area contributed by atoms with Gasteiger partial charge in [-0.3, -0.25) is 9.59 Å². The van der Waals surface area contributed by atoms with E-state index in [1.807, 2.05) is 12.1 Å². The highest BCUT2D eigenvalue weighted by Crippen LogP contribution is 2.34. The molecule has 20 heavy (non-hydrogen) atoms. The number of rotatable bonds is 5. The van der Waals surface area contributed by atoms with Gasteiger partial charge in [-0.1, -0.05) is 6.07 Å². The molecule has 0 saturated heterocycles. The van der Waals surface area contributed by atoms with Crippen LogP contribution in [0.25, 0.3) is 0 Å². The largest absolute Gasteiger partial charge is 0.481 e. The van der Waals surface area contributed by atoms with Gasteiger partial charge in [0, 0.05) is 19.2 Å². The van der Waals surface area contributed by atoms with Gasteiger partial charge in [0.15, 0.2) is 6.79 Å². The Morgan fingerprint density at radius 3 is 2.90 bits per heavy atom. The first-order valence-electron chi connectivity index (χ1n) is 6.39. The predicted octanol–water partition coefficient (Wildman–Crippen LogP) is 1.42. The molecule has 0 unspecified atom stereocenters. The lowest BCUT2D eigenvalue weighted by Gasteiger charge is -2.30. The lowest BCUT2D eigenvalue weighted by molar-refractivity contribution is -0.140. The van der Waals surface area contributed by atoms with Gasteiger partial charge in [0.1, 0.15) is 12.2 Å². The zero-order valence-corrected chi connectivity index (χ0v) is 11.3. The Kier molecular flexibility index (Phi) is 4.57. The Labute approximate surface area is 116 Å². The van der Waals surface area contributed by atoms with Crippen molar-refractivity contribution in [1.82, 2.24) is 0 Å². The molecule has 1 aromatic rings. The van der Waals surface area contributed by atoms with Crippen LogP contribution in [0, 0.1) is 0 Å². The van der Waals surface area contributed by atoms with Gasteiger partial charge in [-0.15, -0.1) is 0 Å². The van der Waals surface area contributed by atoms with Gasteiger partial charge in [0.25, 0.3) is 0 Å². The number of anilines is 1. The van der Waals surface area contributed by atoms with Crippen LogP contribution in [0.3, 0.4) is 0 Å². The van der Waals surface area contributed by atoms with E-state index in [0.29, 0.717) is 12.3 Å². The molecule has 6 heteroatoms. The fraction of sp³-hybridized carbons (Fsp3) is 0.429. The number of nitrogens with zero attached hydrogens (tertiary/aromatic N) is 1. The molecule has 0 aliphatic carbocycles. The molecule has 0 atom stereocenters. The number of carboxylic acids is 1.